The van der Waals surface area contributed by atoms with Crippen molar-refractivity contribution in [3.63, 3.8) is 0 Å². The van der Waals surface area contributed by atoms with Gasteiger partial charge in [-0.1, -0.05) is 60.7 Å². The monoisotopic (exact) mass is 290 g/mol. The van der Waals surface area contributed by atoms with Crippen molar-refractivity contribution >= 4 is 44.0 Å². The molecule has 2 aliphatic rings. The first-order chi connectivity index (χ1) is 11.4. The van der Waals surface area contributed by atoms with Crippen LogP contribution in [0.15, 0.2) is 72.3 Å². The van der Waals surface area contributed by atoms with Crippen LogP contribution in [0.25, 0.3) is 44.0 Å². The fourth-order valence-electron chi connectivity index (χ4n) is 4.34. The molecule has 0 heteroatoms. The van der Waals surface area contributed by atoms with Crippen molar-refractivity contribution in [3.05, 3.63) is 82.8 Å². The summed E-state index contributed by atoms with van der Waals surface area (Å²) >= 11 is 0. The lowest BCUT2D eigenvalue weighted by Crippen LogP contribution is -2.23. The Morgan fingerprint density at radius 2 is 1.61 bits per heavy atom. The van der Waals surface area contributed by atoms with Crippen LogP contribution < -0.4 is 10.4 Å². The fraction of sp³-hybridized carbons (Fsp3) is 0.0435. The SMILES string of the molecule is C1=CC2=c3cc4ccc5cccc6ccc(c3=CC2=CC1)c4c56. The lowest BCUT2D eigenvalue weighted by Gasteiger charge is -2.11. The zero-order valence-electron chi connectivity index (χ0n) is 12.6. The van der Waals surface area contributed by atoms with Crippen LogP contribution in [0.5, 0.6) is 0 Å². The van der Waals surface area contributed by atoms with Crippen molar-refractivity contribution in [2.24, 2.45) is 0 Å². The molecular weight excluding hydrogens is 276 g/mol. The molecule has 6 rings (SSSR count). The first kappa shape index (κ1) is 11.7. The highest BCUT2D eigenvalue weighted by Crippen LogP contribution is 2.33. The average molecular weight is 290 g/mol. The van der Waals surface area contributed by atoms with Gasteiger partial charge in [0.2, 0.25) is 0 Å². The molecule has 0 heterocycles. The van der Waals surface area contributed by atoms with E-state index in [2.05, 4.69) is 72.8 Å². The number of allylic oxidation sites excluding steroid dienone is 4. The second kappa shape index (κ2) is 3.91. The third-order valence-electron chi connectivity index (χ3n) is 5.35. The van der Waals surface area contributed by atoms with E-state index in [0.717, 1.165) is 6.42 Å². The Hall–Kier alpha value is -2.86. The van der Waals surface area contributed by atoms with Gasteiger partial charge >= 0.3 is 0 Å². The van der Waals surface area contributed by atoms with Crippen LogP contribution in [-0.4, -0.2) is 0 Å². The average Bonchev–Trinajstić information content (AvgIpc) is 2.98. The Bertz CT molecular complexity index is 1300. The van der Waals surface area contributed by atoms with Crippen LogP contribution in [0.2, 0.25) is 0 Å². The molecule has 0 radical (unpaired) electrons. The molecule has 0 saturated heterocycles. The molecule has 0 bridgehead atoms. The third-order valence-corrected chi connectivity index (χ3v) is 5.35. The van der Waals surface area contributed by atoms with E-state index in [4.69, 9.17) is 0 Å². The van der Waals surface area contributed by atoms with Gasteiger partial charge in [-0.15, -0.1) is 0 Å². The number of fused-ring (bicyclic) bond motifs is 3. The van der Waals surface area contributed by atoms with E-state index in [1.54, 1.807) is 0 Å². The van der Waals surface area contributed by atoms with Gasteiger partial charge in [0.05, 0.1) is 0 Å². The summed E-state index contributed by atoms with van der Waals surface area (Å²) in [7, 11) is 0. The van der Waals surface area contributed by atoms with Crippen molar-refractivity contribution in [1.82, 2.24) is 0 Å². The molecule has 0 nitrogen and oxygen atoms in total. The van der Waals surface area contributed by atoms with Crippen LogP contribution in [-0.2, 0) is 0 Å². The van der Waals surface area contributed by atoms with E-state index in [1.807, 2.05) is 0 Å². The Balaban J connectivity index is 1.99. The summed E-state index contributed by atoms with van der Waals surface area (Å²) in [4.78, 5) is 0. The predicted octanol–water partition coefficient (Wildman–Crippen LogP) is 4.42. The van der Waals surface area contributed by atoms with E-state index in [1.165, 1.54) is 53.9 Å². The summed E-state index contributed by atoms with van der Waals surface area (Å²) in [5.74, 6) is 0. The Morgan fingerprint density at radius 1 is 0.783 bits per heavy atom. The molecule has 0 atom stereocenters. The molecule has 0 N–H and O–H groups in total. The largest absolute Gasteiger partial charge is 0.0801 e. The van der Waals surface area contributed by atoms with Crippen LogP contribution in [0, 0.1) is 0 Å². The lowest BCUT2D eigenvalue weighted by atomic mass is 9.93. The molecule has 0 aromatic heterocycles. The first-order valence-electron chi connectivity index (χ1n) is 8.20. The van der Waals surface area contributed by atoms with Gasteiger partial charge in [-0.25, -0.2) is 0 Å². The van der Waals surface area contributed by atoms with Gasteiger partial charge in [-0.05, 0) is 72.5 Å². The van der Waals surface area contributed by atoms with Crippen LogP contribution in [0.3, 0.4) is 0 Å². The van der Waals surface area contributed by atoms with E-state index in [0.29, 0.717) is 0 Å². The van der Waals surface area contributed by atoms with Gasteiger partial charge in [0.1, 0.15) is 0 Å². The quantitative estimate of drug-likeness (QED) is 0.421. The van der Waals surface area contributed by atoms with Crippen LogP contribution in [0.4, 0.5) is 0 Å². The summed E-state index contributed by atoms with van der Waals surface area (Å²) in [6, 6.07) is 18.1. The zero-order valence-corrected chi connectivity index (χ0v) is 12.6. The van der Waals surface area contributed by atoms with E-state index < -0.39 is 0 Å². The minimum absolute atomic E-state index is 1.04. The highest BCUT2D eigenvalue weighted by molar-refractivity contribution is 6.23. The first-order valence-corrected chi connectivity index (χ1v) is 8.20. The number of rotatable bonds is 0. The molecule has 0 spiro atoms. The van der Waals surface area contributed by atoms with Gasteiger partial charge in [0.15, 0.2) is 0 Å². The maximum absolute atomic E-state index is 2.38. The van der Waals surface area contributed by atoms with E-state index >= 15 is 0 Å². The van der Waals surface area contributed by atoms with Gasteiger partial charge in [-0.2, -0.15) is 0 Å². The molecule has 0 unspecified atom stereocenters. The maximum Gasteiger partial charge on any atom is -0.00203 e. The highest BCUT2D eigenvalue weighted by Gasteiger charge is 2.15. The van der Waals surface area contributed by atoms with Gasteiger partial charge in [-0.3, -0.25) is 0 Å². The summed E-state index contributed by atoms with van der Waals surface area (Å²) in [6.45, 7) is 0. The summed E-state index contributed by atoms with van der Waals surface area (Å²) in [5, 5.41) is 11.0. The topological polar surface area (TPSA) is 0 Å². The molecule has 0 saturated carbocycles. The molecule has 106 valence electrons. The van der Waals surface area contributed by atoms with Crippen LogP contribution in [0.1, 0.15) is 6.42 Å². The molecule has 4 aromatic rings. The number of benzene rings is 4. The smallest absolute Gasteiger partial charge is 0.00203 e. The minimum Gasteiger partial charge on any atom is -0.0801 e. The molecule has 2 aliphatic carbocycles. The van der Waals surface area contributed by atoms with Gasteiger partial charge in [0.25, 0.3) is 0 Å². The lowest BCUT2D eigenvalue weighted by molar-refractivity contribution is 1.36. The standard InChI is InChI=1S/C23H14/c1-2-7-18-16(4-1)12-21-19-11-10-15-6-3-5-14-8-9-17(13-20(18)21)23(19)22(14)15/h2-13H,1H2. The molecule has 4 aromatic carbocycles. The summed E-state index contributed by atoms with van der Waals surface area (Å²) in [6.07, 6.45) is 10.3. The summed E-state index contributed by atoms with van der Waals surface area (Å²) < 4.78 is 0. The summed E-state index contributed by atoms with van der Waals surface area (Å²) in [5.41, 5.74) is 2.77. The molecule has 0 aliphatic heterocycles. The van der Waals surface area contributed by atoms with Crippen molar-refractivity contribution in [2.45, 2.75) is 6.42 Å². The molecule has 0 amide bonds. The van der Waals surface area contributed by atoms with Crippen LogP contribution >= 0.6 is 0 Å². The highest BCUT2D eigenvalue weighted by atomic mass is 14.2. The normalized spacial score (nSPS) is 16.0. The molecule has 23 heavy (non-hydrogen) atoms. The Morgan fingerprint density at radius 3 is 2.52 bits per heavy atom. The van der Waals surface area contributed by atoms with Gasteiger partial charge < -0.3 is 0 Å². The molecule has 0 fully saturated rings. The fourth-order valence-corrected chi connectivity index (χ4v) is 4.34. The van der Waals surface area contributed by atoms with Gasteiger partial charge in [0, 0.05) is 0 Å². The zero-order chi connectivity index (χ0) is 15.0. The van der Waals surface area contributed by atoms with E-state index in [-0.39, 0.29) is 0 Å². The van der Waals surface area contributed by atoms with E-state index in [9.17, 15) is 0 Å². The van der Waals surface area contributed by atoms with Crippen molar-refractivity contribution in [1.29, 1.82) is 0 Å². The van der Waals surface area contributed by atoms with Crippen molar-refractivity contribution in [3.8, 4) is 0 Å². The van der Waals surface area contributed by atoms with Crippen molar-refractivity contribution in [2.75, 3.05) is 0 Å². The Labute approximate surface area is 133 Å². The Kier molecular flexibility index (Phi) is 1.98. The minimum atomic E-state index is 1.04. The number of hydrogen-bond acceptors (Lipinski definition) is 0. The second-order valence-electron chi connectivity index (χ2n) is 6.55. The molecular formula is C23H14. The second-order valence-corrected chi connectivity index (χ2v) is 6.55. The third kappa shape index (κ3) is 1.37. The number of hydrogen-bond donors (Lipinski definition) is 0. The predicted molar refractivity (Wildman–Crippen MR) is 99.1 cm³/mol. The van der Waals surface area contributed by atoms with Crippen molar-refractivity contribution < 1.29 is 0 Å². The maximum atomic E-state index is 2.38.